The molecule has 0 heterocycles. The topological polar surface area (TPSA) is 17.1 Å². The predicted octanol–water partition coefficient (Wildman–Crippen LogP) is 0.940. The maximum atomic E-state index is 9.65. The normalized spacial score (nSPS) is 7.67. The fraction of sp³-hybridized carbons (Fsp3) is 0.750. The molecule has 0 fully saturated rings. The summed E-state index contributed by atoms with van der Waals surface area (Å²) in [6.07, 6.45) is 1.01. The van der Waals surface area contributed by atoms with Crippen LogP contribution in [-0.2, 0) is 4.79 Å². The number of carbonyl (C=O) groups excluding carboxylic acids is 1. The summed E-state index contributed by atoms with van der Waals surface area (Å²) in [6, 6.07) is 0. The molecule has 0 unspecified atom stereocenters. The van der Waals surface area contributed by atoms with E-state index in [0.717, 1.165) is 11.6 Å². The molecule has 34 valence electrons. The van der Waals surface area contributed by atoms with Crippen LogP contribution in [0, 0.1) is 0 Å². The second kappa shape index (κ2) is 3.39. The molecule has 0 saturated carbocycles. The van der Waals surface area contributed by atoms with E-state index in [1.54, 1.807) is 0 Å². The molecule has 0 spiro atoms. The smallest absolute Gasteiger partial charge is 0.265 e. The summed E-state index contributed by atoms with van der Waals surface area (Å²) >= 11 is -0.539. The maximum Gasteiger partial charge on any atom is 0.265 e. The first-order valence-corrected chi connectivity index (χ1v) is 5.33. The molecule has 0 radical (unpaired) electrons. The minimum atomic E-state index is -0.539. The van der Waals surface area contributed by atoms with Crippen LogP contribution in [0.4, 0.5) is 0 Å². The van der Waals surface area contributed by atoms with Gasteiger partial charge < -0.3 is 4.79 Å². The molecule has 0 aliphatic heterocycles. The molecule has 1 nitrogen and oxygen atoms in total. The van der Waals surface area contributed by atoms with Gasteiger partial charge in [0.2, 0.25) is 0 Å². The van der Waals surface area contributed by atoms with Crippen molar-refractivity contribution in [1.82, 2.24) is 0 Å². The van der Waals surface area contributed by atoms with Crippen molar-refractivity contribution in [2.24, 2.45) is 0 Å². The van der Waals surface area contributed by atoms with E-state index >= 15 is 0 Å². The van der Waals surface area contributed by atoms with Gasteiger partial charge in [-0.3, -0.25) is 0 Å². The average molecular weight is 100 g/mol. The number of carbonyl (C=O) groups is 1. The SMILES string of the molecule is [CH3][Al]([CH3])[CH2]C=O. The zero-order valence-corrected chi connectivity index (χ0v) is 5.42. The highest BCUT2D eigenvalue weighted by Crippen LogP contribution is 1.82. The summed E-state index contributed by atoms with van der Waals surface area (Å²) in [5.74, 6) is 4.32. The molecule has 0 N–H and O–H groups in total. The number of rotatable bonds is 2. The van der Waals surface area contributed by atoms with Crippen molar-refractivity contribution in [2.45, 2.75) is 16.9 Å². The largest absolute Gasteiger partial charge is 0.305 e. The highest BCUT2D eigenvalue weighted by Gasteiger charge is 1.96. The van der Waals surface area contributed by atoms with Gasteiger partial charge in [0.1, 0.15) is 6.29 Å². The van der Waals surface area contributed by atoms with Crippen LogP contribution in [0.25, 0.3) is 0 Å². The fourth-order valence-corrected chi connectivity index (χ4v) is 0.577. The van der Waals surface area contributed by atoms with Crippen LogP contribution in [0.5, 0.6) is 0 Å². The van der Waals surface area contributed by atoms with E-state index < -0.39 is 14.1 Å². The van der Waals surface area contributed by atoms with Crippen LogP contribution < -0.4 is 0 Å². The Morgan fingerprint density at radius 3 is 2.17 bits per heavy atom. The Kier molecular flexibility index (Phi) is 3.51. The Hall–Kier alpha value is 0.202. The van der Waals surface area contributed by atoms with Gasteiger partial charge in [-0.15, -0.1) is 11.6 Å². The van der Waals surface area contributed by atoms with E-state index in [4.69, 9.17) is 0 Å². The standard InChI is InChI=1S/C2H3O.2CH3.Al/c1-2-3;;;/h2H,1H2;2*1H3;. The van der Waals surface area contributed by atoms with Crippen LogP contribution >= 0.6 is 0 Å². The fourth-order valence-electron chi connectivity index (χ4n) is 0.192. The van der Waals surface area contributed by atoms with Crippen molar-refractivity contribution in [3.05, 3.63) is 0 Å². The molecule has 0 aromatic carbocycles. The van der Waals surface area contributed by atoms with Crippen molar-refractivity contribution < 1.29 is 4.79 Å². The van der Waals surface area contributed by atoms with Crippen LogP contribution in [0.15, 0.2) is 0 Å². The Morgan fingerprint density at radius 2 is 2.17 bits per heavy atom. The quantitative estimate of drug-likeness (QED) is 0.373. The molecule has 0 aromatic heterocycles. The van der Waals surface area contributed by atoms with Crippen LogP contribution in [0.2, 0.25) is 16.9 Å². The van der Waals surface area contributed by atoms with Crippen molar-refractivity contribution in [2.75, 3.05) is 0 Å². The van der Waals surface area contributed by atoms with E-state index in [9.17, 15) is 4.79 Å². The molecule has 0 bridgehead atoms. The van der Waals surface area contributed by atoms with E-state index in [2.05, 4.69) is 11.6 Å². The van der Waals surface area contributed by atoms with Crippen LogP contribution in [-0.4, -0.2) is 20.4 Å². The van der Waals surface area contributed by atoms with Crippen molar-refractivity contribution in [3.63, 3.8) is 0 Å². The summed E-state index contributed by atoms with van der Waals surface area (Å²) in [5.41, 5.74) is 0. The molecule has 0 aromatic rings. The Labute approximate surface area is 42.7 Å². The third-order valence-corrected chi connectivity index (χ3v) is 1.70. The number of hydrogen-bond acceptors (Lipinski definition) is 1. The van der Waals surface area contributed by atoms with Crippen LogP contribution in [0.1, 0.15) is 0 Å². The van der Waals surface area contributed by atoms with Crippen molar-refractivity contribution in [1.29, 1.82) is 0 Å². The molecule has 0 aliphatic carbocycles. The van der Waals surface area contributed by atoms with Crippen molar-refractivity contribution >= 4 is 20.4 Å². The highest BCUT2D eigenvalue weighted by molar-refractivity contribution is 6.58. The molecule has 2 heteroatoms. The van der Waals surface area contributed by atoms with Crippen molar-refractivity contribution in [3.8, 4) is 0 Å². The van der Waals surface area contributed by atoms with Gasteiger partial charge in [0.25, 0.3) is 14.1 Å². The zero-order valence-electron chi connectivity index (χ0n) is 4.27. The molecule has 0 amide bonds. The molecule has 0 atom stereocenters. The Balaban J connectivity index is 2.81. The predicted molar refractivity (Wildman–Crippen MR) is 28.4 cm³/mol. The average Bonchev–Trinajstić information content (AvgIpc) is 1.35. The second-order valence-electron chi connectivity index (χ2n) is 1.80. The summed E-state index contributed by atoms with van der Waals surface area (Å²) in [5, 5.41) is 0.833. The minimum absolute atomic E-state index is 0.539. The van der Waals surface area contributed by atoms with E-state index in [1.165, 1.54) is 0 Å². The van der Waals surface area contributed by atoms with Gasteiger partial charge in [0, 0.05) is 0 Å². The monoisotopic (exact) mass is 100 g/mol. The van der Waals surface area contributed by atoms with Gasteiger partial charge in [0.05, 0.1) is 0 Å². The first-order chi connectivity index (χ1) is 2.77. The third-order valence-electron chi connectivity index (χ3n) is 0.568. The number of aldehydes is 1. The summed E-state index contributed by atoms with van der Waals surface area (Å²) in [6.45, 7) is 0. The molecule has 0 rings (SSSR count). The van der Waals surface area contributed by atoms with Gasteiger partial charge >= 0.3 is 0 Å². The summed E-state index contributed by atoms with van der Waals surface area (Å²) in [7, 11) is 0. The summed E-state index contributed by atoms with van der Waals surface area (Å²) < 4.78 is 0. The van der Waals surface area contributed by atoms with Gasteiger partial charge in [-0.25, -0.2) is 0 Å². The van der Waals surface area contributed by atoms with Gasteiger partial charge in [-0.1, -0.05) is 0 Å². The Morgan fingerprint density at radius 1 is 1.67 bits per heavy atom. The highest BCUT2D eigenvalue weighted by atomic mass is 27.2. The second-order valence-corrected chi connectivity index (χ2v) is 5.06. The summed E-state index contributed by atoms with van der Waals surface area (Å²) in [4.78, 5) is 9.65. The lowest BCUT2D eigenvalue weighted by molar-refractivity contribution is -0.106. The first kappa shape index (κ1) is 6.20. The van der Waals surface area contributed by atoms with Gasteiger partial charge in [-0.2, -0.15) is 0 Å². The number of hydrogen-bond donors (Lipinski definition) is 0. The third kappa shape index (κ3) is 4.20. The molecule has 0 saturated heterocycles. The lowest BCUT2D eigenvalue weighted by Crippen LogP contribution is -1.97. The molecular formula is C4H9AlO. The maximum absolute atomic E-state index is 9.65. The minimum Gasteiger partial charge on any atom is -0.305 e. The van der Waals surface area contributed by atoms with E-state index in [1.807, 2.05) is 0 Å². The van der Waals surface area contributed by atoms with E-state index in [-0.39, 0.29) is 0 Å². The first-order valence-electron chi connectivity index (χ1n) is 2.21. The van der Waals surface area contributed by atoms with Gasteiger partial charge in [0.15, 0.2) is 0 Å². The molecule has 0 aliphatic rings. The lowest BCUT2D eigenvalue weighted by atomic mass is 10.9. The molecular weight excluding hydrogens is 91.0 g/mol. The van der Waals surface area contributed by atoms with Gasteiger partial charge in [-0.05, 0) is 5.28 Å². The van der Waals surface area contributed by atoms with E-state index in [0.29, 0.717) is 0 Å². The molecule has 6 heavy (non-hydrogen) atoms. The zero-order chi connectivity index (χ0) is 4.99. The van der Waals surface area contributed by atoms with Crippen LogP contribution in [0.3, 0.4) is 0 Å². The lowest BCUT2D eigenvalue weighted by Gasteiger charge is -1.80. The Bertz CT molecular complexity index is 42.8.